The minimum atomic E-state index is -3.53. The van der Waals surface area contributed by atoms with Crippen LogP contribution in [0.2, 0.25) is 0 Å². The van der Waals surface area contributed by atoms with Gasteiger partial charge in [-0.05, 0) is 60.4 Å². The lowest BCUT2D eigenvalue weighted by Crippen LogP contribution is -2.37. The summed E-state index contributed by atoms with van der Waals surface area (Å²) in [6, 6.07) is 21.1. The van der Waals surface area contributed by atoms with E-state index in [1.165, 1.54) is 12.1 Å². The van der Waals surface area contributed by atoms with Crippen LogP contribution in [0.1, 0.15) is 34.3 Å². The molecule has 1 amide bonds. The molecule has 0 bridgehead atoms. The number of ether oxygens (including phenoxy) is 1. The first-order valence-corrected chi connectivity index (χ1v) is 12.6. The van der Waals surface area contributed by atoms with Gasteiger partial charge >= 0.3 is 0 Å². The molecule has 0 spiro atoms. The van der Waals surface area contributed by atoms with Crippen LogP contribution in [0, 0.1) is 5.82 Å². The highest BCUT2D eigenvalue weighted by Crippen LogP contribution is 2.20. The first-order valence-electron chi connectivity index (χ1n) is 10.9. The van der Waals surface area contributed by atoms with Crippen molar-refractivity contribution < 1.29 is 22.3 Å². The summed E-state index contributed by atoms with van der Waals surface area (Å²) in [7, 11) is -3.53. The van der Waals surface area contributed by atoms with Gasteiger partial charge in [0.25, 0.3) is 5.91 Å². The van der Waals surface area contributed by atoms with Crippen LogP contribution in [0.15, 0.2) is 83.8 Å². The average molecular weight is 468 g/mol. The third-order valence-electron chi connectivity index (χ3n) is 5.63. The number of carbonyl (C=O) groups excluding carboxylic acids is 1. The van der Waals surface area contributed by atoms with Crippen LogP contribution in [-0.4, -0.2) is 38.5 Å². The quantitative estimate of drug-likeness (QED) is 0.485. The predicted molar refractivity (Wildman–Crippen MR) is 124 cm³/mol. The van der Waals surface area contributed by atoms with E-state index in [4.69, 9.17) is 4.74 Å². The van der Waals surface area contributed by atoms with Gasteiger partial charge in [0.05, 0.1) is 16.8 Å². The van der Waals surface area contributed by atoms with E-state index in [-0.39, 0.29) is 35.0 Å². The molecule has 0 saturated carbocycles. The van der Waals surface area contributed by atoms with E-state index in [2.05, 4.69) is 0 Å². The van der Waals surface area contributed by atoms with Crippen molar-refractivity contribution in [1.82, 2.24) is 4.90 Å². The number of hydrogen-bond donors (Lipinski definition) is 0. The number of benzene rings is 3. The summed E-state index contributed by atoms with van der Waals surface area (Å²) < 4.78 is 45.0. The second-order valence-electron chi connectivity index (χ2n) is 8.22. The average Bonchev–Trinajstić information content (AvgIpc) is 3.32. The number of sulfone groups is 1. The summed E-state index contributed by atoms with van der Waals surface area (Å²) in [6.45, 7) is 1.30. The second kappa shape index (κ2) is 10.3. The van der Waals surface area contributed by atoms with Gasteiger partial charge in [-0.25, -0.2) is 12.8 Å². The number of carbonyl (C=O) groups is 1. The number of halogens is 1. The van der Waals surface area contributed by atoms with Gasteiger partial charge in [0.1, 0.15) is 5.82 Å². The fraction of sp³-hybridized carbons (Fsp3) is 0.269. The molecule has 3 aromatic rings. The maximum Gasteiger partial charge on any atom is 0.254 e. The van der Waals surface area contributed by atoms with Crippen LogP contribution in [0.3, 0.4) is 0 Å². The molecule has 1 aliphatic rings. The molecule has 1 aliphatic heterocycles. The molecule has 0 N–H and O–H groups in total. The van der Waals surface area contributed by atoms with Crippen molar-refractivity contribution >= 4 is 15.7 Å². The highest BCUT2D eigenvalue weighted by molar-refractivity contribution is 7.90. The molecule has 0 radical (unpaired) electrons. The highest BCUT2D eigenvalue weighted by atomic mass is 32.2. The predicted octanol–water partition coefficient (Wildman–Crippen LogP) is 4.62. The SMILES string of the molecule is O=C(c1cccc(CS(=O)(=O)c2ccccc2)c1)N(Cc1cccc(F)c1)CC1CCCO1. The smallest absolute Gasteiger partial charge is 0.254 e. The summed E-state index contributed by atoms with van der Waals surface area (Å²) >= 11 is 0. The molecule has 0 aromatic heterocycles. The summed E-state index contributed by atoms with van der Waals surface area (Å²) in [6.07, 6.45) is 1.74. The Morgan fingerprint density at radius 2 is 1.73 bits per heavy atom. The molecule has 33 heavy (non-hydrogen) atoms. The van der Waals surface area contributed by atoms with Crippen LogP contribution in [0.25, 0.3) is 0 Å². The first-order chi connectivity index (χ1) is 15.9. The molecule has 1 saturated heterocycles. The van der Waals surface area contributed by atoms with Crippen LogP contribution in [0.4, 0.5) is 4.39 Å². The number of hydrogen-bond acceptors (Lipinski definition) is 4. The Bertz CT molecular complexity index is 1210. The van der Waals surface area contributed by atoms with Crippen molar-refractivity contribution in [2.45, 2.75) is 36.1 Å². The number of nitrogens with zero attached hydrogens (tertiary/aromatic N) is 1. The lowest BCUT2D eigenvalue weighted by atomic mass is 10.1. The summed E-state index contributed by atoms with van der Waals surface area (Å²) in [5.41, 5.74) is 1.61. The van der Waals surface area contributed by atoms with Gasteiger partial charge in [0.15, 0.2) is 9.84 Å². The van der Waals surface area contributed by atoms with Crippen LogP contribution >= 0.6 is 0 Å². The van der Waals surface area contributed by atoms with Gasteiger partial charge in [0.2, 0.25) is 0 Å². The Labute approximate surface area is 193 Å². The number of amides is 1. The molecule has 3 aromatic carbocycles. The summed E-state index contributed by atoms with van der Waals surface area (Å²) in [4.78, 5) is 15.3. The van der Waals surface area contributed by atoms with E-state index in [0.717, 1.165) is 12.8 Å². The molecule has 1 unspecified atom stereocenters. The highest BCUT2D eigenvalue weighted by Gasteiger charge is 2.24. The molecule has 1 fully saturated rings. The molecule has 4 rings (SSSR count). The molecule has 1 heterocycles. The summed E-state index contributed by atoms with van der Waals surface area (Å²) in [5.74, 6) is -0.799. The standard InChI is InChI=1S/C26H26FNO4S/c27-23-10-5-7-20(16-23)17-28(18-24-11-6-14-32-24)26(29)22-9-4-8-21(15-22)19-33(30,31)25-12-2-1-3-13-25/h1-5,7-10,12-13,15-16,24H,6,11,14,17-19H2. The van der Waals surface area contributed by atoms with Crippen LogP contribution < -0.4 is 0 Å². The third kappa shape index (κ3) is 6.06. The van der Waals surface area contributed by atoms with Crippen LogP contribution in [-0.2, 0) is 26.9 Å². The van der Waals surface area contributed by atoms with E-state index in [9.17, 15) is 17.6 Å². The van der Waals surface area contributed by atoms with Gasteiger partial charge in [-0.2, -0.15) is 0 Å². The van der Waals surface area contributed by atoms with Crippen molar-refractivity contribution in [3.63, 3.8) is 0 Å². The van der Waals surface area contributed by atoms with E-state index >= 15 is 0 Å². The maximum atomic E-state index is 13.7. The van der Waals surface area contributed by atoms with E-state index in [0.29, 0.717) is 29.8 Å². The van der Waals surface area contributed by atoms with Gasteiger partial charge < -0.3 is 9.64 Å². The van der Waals surface area contributed by atoms with Crippen molar-refractivity contribution in [2.24, 2.45) is 0 Å². The fourth-order valence-corrected chi connectivity index (χ4v) is 5.37. The topological polar surface area (TPSA) is 63.7 Å². The molecule has 0 aliphatic carbocycles. The first kappa shape index (κ1) is 23.1. The Hall–Kier alpha value is -3.03. The Morgan fingerprint density at radius 3 is 2.45 bits per heavy atom. The van der Waals surface area contributed by atoms with Crippen molar-refractivity contribution in [1.29, 1.82) is 0 Å². The zero-order chi connectivity index (χ0) is 23.3. The van der Waals surface area contributed by atoms with Gasteiger partial charge in [-0.3, -0.25) is 4.79 Å². The number of rotatable bonds is 8. The third-order valence-corrected chi connectivity index (χ3v) is 7.33. The van der Waals surface area contributed by atoms with E-state index in [1.807, 2.05) is 0 Å². The zero-order valence-electron chi connectivity index (χ0n) is 18.2. The fourth-order valence-electron chi connectivity index (χ4n) is 4.02. The molecule has 5 nitrogen and oxygen atoms in total. The second-order valence-corrected chi connectivity index (χ2v) is 10.2. The lowest BCUT2D eigenvalue weighted by molar-refractivity contribution is 0.0507. The van der Waals surface area contributed by atoms with Gasteiger partial charge in [0, 0.05) is 25.3 Å². The molecule has 7 heteroatoms. The van der Waals surface area contributed by atoms with Gasteiger partial charge in [-0.1, -0.05) is 42.5 Å². The largest absolute Gasteiger partial charge is 0.376 e. The Kier molecular flexibility index (Phi) is 7.20. The minimum Gasteiger partial charge on any atom is -0.376 e. The van der Waals surface area contributed by atoms with Crippen molar-refractivity contribution in [3.8, 4) is 0 Å². The Balaban J connectivity index is 1.56. The maximum absolute atomic E-state index is 13.7. The normalized spacial score (nSPS) is 16.0. The summed E-state index contributed by atoms with van der Waals surface area (Å²) in [5, 5.41) is 0. The van der Waals surface area contributed by atoms with Crippen LogP contribution in [0.5, 0.6) is 0 Å². The zero-order valence-corrected chi connectivity index (χ0v) is 19.0. The molecular formula is C26H26FNO4S. The van der Waals surface area contributed by atoms with Gasteiger partial charge in [-0.15, -0.1) is 0 Å². The van der Waals surface area contributed by atoms with E-state index in [1.54, 1.807) is 71.6 Å². The lowest BCUT2D eigenvalue weighted by Gasteiger charge is -2.26. The monoisotopic (exact) mass is 467 g/mol. The van der Waals surface area contributed by atoms with Crippen molar-refractivity contribution in [3.05, 3.63) is 101 Å². The minimum absolute atomic E-state index is 0.0656. The van der Waals surface area contributed by atoms with Crippen molar-refractivity contribution in [2.75, 3.05) is 13.2 Å². The molecule has 1 atom stereocenters. The molecular weight excluding hydrogens is 441 g/mol. The van der Waals surface area contributed by atoms with E-state index < -0.39 is 9.84 Å². The Morgan fingerprint density at radius 1 is 0.970 bits per heavy atom. The molecule has 172 valence electrons.